The summed E-state index contributed by atoms with van der Waals surface area (Å²) in [6, 6.07) is 3.81. The lowest BCUT2D eigenvalue weighted by atomic mass is 10.3. The Morgan fingerprint density at radius 1 is 1.47 bits per heavy atom. The molecule has 0 aromatic carbocycles. The zero-order valence-electron chi connectivity index (χ0n) is 9.26. The standard InChI is InChI=1S/C11H13N3O2S/c1-4-9(12-5-1)10-13-14-11(16-10)17-7-8-3-2-6-15-8/h1,4-5,8,12H,2-3,6-7H2/t8-/m1/s1. The number of nitrogens with one attached hydrogen (secondary N) is 1. The van der Waals surface area contributed by atoms with Crippen LogP contribution in [0.5, 0.6) is 0 Å². The lowest BCUT2D eigenvalue weighted by Crippen LogP contribution is -2.07. The minimum atomic E-state index is 0.334. The number of aromatic amines is 1. The van der Waals surface area contributed by atoms with Crippen LogP contribution >= 0.6 is 11.8 Å². The molecule has 2 aromatic rings. The Morgan fingerprint density at radius 3 is 3.24 bits per heavy atom. The average molecular weight is 251 g/mol. The van der Waals surface area contributed by atoms with E-state index in [0.717, 1.165) is 30.9 Å². The molecule has 0 spiro atoms. The summed E-state index contributed by atoms with van der Waals surface area (Å²) in [5.74, 6) is 1.41. The molecule has 3 heterocycles. The van der Waals surface area contributed by atoms with Gasteiger partial charge in [0.05, 0.1) is 6.10 Å². The third kappa shape index (κ3) is 2.53. The third-order valence-corrected chi connectivity index (χ3v) is 3.60. The normalized spacial score (nSPS) is 19.9. The lowest BCUT2D eigenvalue weighted by Gasteiger charge is -2.05. The molecule has 0 aliphatic carbocycles. The van der Waals surface area contributed by atoms with Crippen LogP contribution in [0.4, 0.5) is 0 Å². The summed E-state index contributed by atoms with van der Waals surface area (Å²) in [6.45, 7) is 0.878. The molecular weight excluding hydrogens is 238 g/mol. The van der Waals surface area contributed by atoms with Crippen LogP contribution in [0.25, 0.3) is 11.6 Å². The number of H-pyrrole nitrogens is 1. The highest BCUT2D eigenvalue weighted by atomic mass is 32.2. The molecule has 1 aliphatic heterocycles. The Morgan fingerprint density at radius 2 is 2.47 bits per heavy atom. The van der Waals surface area contributed by atoms with E-state index in [0.29, 0.717) is 17.2 Å². The first-order valence-corrected chi connectivity index (χ1v) is 6.62. The van der Waals surface area contributed by atoms with Crippen LogP contribution in [-0.4, -0.2) is 33.6 Å². The van der Waals surface area contributed by atoms with Crippen LogP contribution in [0.3, 0.4) is 0 Å². The number of aromatic nitrogens is 3. The van der Waals surface area contributed by atoms with Crippen molar-refractivity contribution in [2.75, 3.05) is 12.4 Å². The van der Waals surface area contributed by atoms with E-state index in [1.165, 1.54) is 0 Å². The molecule has 17 heavy (non-hydrogen) atoms. The Labute approximate surface area is 103 Å². The lowest BCUT2D eigenvalue weighted by molar-refractivity contribution is 0.128. The zero-order chi connectivity index (χ0) is 11.5. The molecule has 0 unspecified atom stereocenters. The number of nitrogens with zero attached hydrogens (tertiary/aromatic N) is 2. The van der Waals surface area contributed by atoms with Crippen molar-refractivity contribution in [3.05, 3.63) is 18.3 Å². The molecular formula is C11H13N3O2S. The topological polar surface area (TPSA) is 63.9 Å². The molecule has 0 amide bonds. The Kier molecular flexibility index (Phi) is 3.15. The molecule has 1 saturated heterocycles. The summed E-state index contributed by atoms with van der Waals surface area (Å²) in [4.78, 5) is 3.03. The number of ether oxygens (including phenoxy) is 1. The first-order valence-electron chi connectivity index (χ1n) is 5.63. The summed E-state index contributed by atoms with van der Waals surface area (Å²) in [5.41, 5.74) is 0.849. The van der Waals surface area contributed by atoms with E-state index in [2.05, 4.69) is 15.2 Å². The van der Waals surface area contributed by atoms with E-state index in [1.807, 2.05) is 18.3 Å². The molecule has 1 atom stereocenters. The zero-order valence-corrected chi connectivity index (χ0v) is 10.1. The fraction of sp³-hybridized carbons (Fsp3) is 0.455. The highest BCUT2D eigenvalue weighted by Crippen LogP contribution is 2.25. The molecule has 6 heteroatoms. The number of rotatable bonds is 4. The summed E-state index contributed by atoms with van der Waals surface area (Å²) < 4.78 is 11.1. The SMILES string of the molecule is c1c[nH]c(-c2nnc(SC[C@H]3CCCO3)o2)c1. The van der Waals surface area contributed by atoms with Gasteiger partial charge in [-0.1, -0.05) is 11.8 Å². The van der Waals surface area contributed by atoms with Gasteiger partial charge in [-0.2, -0.15) is 0 Å². The Balaban J connectivity index is 1.60. The molecule has 0 radical (unpaired) electrons. The summed E-state index contributed by atoms with van der Waals surface area (Å²) in [5, 5.41) is 8.60. The summed E-state index contributed by atoms with van der Waals surface area (Å²) in [6.07, 6.45) is 4.45. The van der Waals surface area contributed by atoms with Crippen LogP contribution in [0.1, 0.15) is 12.8 Å². The summed E-state index contributed by atoms with van der Waals surface area (Å²) in [7, 11) is 0. The largest absolute Gasteiger partial charge is 0.410 e. The number of hydrogen-bond acceptors (Lipinski definition) is 5. The molecule has 1 fully saturated rings. The highest BCUT2D eigenvalue weighted by molar-refractivity contribution is 7.99. The van der Waals surface area contributed by atoms with Gasteiger partial charge in [0.25, 0.3) is 11.1 Å². The molecule has 3 rings (SSSR count). The predicted octanol–water partition coefficient (Wildman–Crippen LogP) is 2.34. The van der Waals surface area contributed by atoms with E-state index in [9.17, 15) is 0 Å². The van der Waals surface area contributed by atoms with Crippen molar-refractivity contribution >= 4 is 11.8 Å². The maximum Gasteiger partial charge on any atom is 0.277 e. The number of hydrogen-bond donors (Lipinski definition) is 1. The van der Waals surface area contributed by atoms with E-state index >= 15 is 0 Å². The molecule has 1 aliphatic rings. The maximum absolute atomic E-state index is 5.54. The van der Waals surface area contributed by atoms with Gasteiger partial charge in [-0.25, -0.2) is 0 Å². The second-order valence-electron chi connectivity index (χ2n) is 3.90. The molecule has 2 aromatic heterocycles. The second-order valence-corrected chi connectivity index (χ2v) is 4.87. The smallest absolute Gasteiger partial charge is 0.277 e. The third-order valence-electron chi connectivity index (χ3n) is 2.65. The van der Waals surface area contributed by atoms with E-state index in [4.69, 9.17) is 9.15 Å². The molecule has 0 bridgehead atoms. The Bertz CT molecular complexity index is 463. The van der Waals surface area contributed by atoms with Gasteiger partial charge >= 0.3 is 0 Å². The highest BCUT2D eigenvalue weighted by Gasteiger charge is 2.17. The Hall–Kier alpha value is -1.27. The van der Waals surface area contributed by atoms with Crippen LogP contribution in [-0.2, 0) is 4.74 Å². The van der Waals surface area contributed by atoms with E-state index in [1.54, 1.807) is 11.8 Å². The van der Waals surface area contributed by atoms with Crippen molar-refractivity contribution < 1.29 is 9.15 Å². The van der Waals surface area contributed by atoms with Crippen molar-refractivity contribution in [1.29, 1.82) is 0 Å². The first kappa shape index (κ1) is 10.9. The predicted molar refractivity (Wildman–Crippen MR) is 63.8 cm³/mol. The van der Waals surface area contributed by atoms with E-state index < -0.39 is 0 Å². The summed E-state index contributed by atoms with van der Waals surface area (Å²) >= 11 is 1.56. The van der Waals surface area contributed by atoms with Crippen LogP contribution in [0, 0.1) is 0 Å². The number of thioether (sulfide) groups is 1. The van der Waals surface area contributed by atoms with Crippen molar-refractivity contribution in [2.24, 2.45) is 0 Å². The van der Waals surface area contributed by atoms with Crippen LogP contribution in [0.15, 0.2) is 28.0 Å². The van der Waals surface area contributed by atoms with Gasteiger partial charge in [0.15, 0.2) is 0 Å². The van der Waals surface area contributed by atoms with Crippen molar-refractivity contribution in [2.45, 2.75) is 24.2 Å². The quantitative estimate of drug-likeness (QED) is 0.845. The van der Waals surface area contributed by atoms with Gasteiger partial charge in [0, 0.05) is 18.6 Å². The fourth-order valence-electron chi connectivity index (χ4n) is 1.78. The monoisotopic (exact) mass is 251 g/mol. The molecule has 5 nitrogen and oxygen atoms in total. The van der Waals surface area contributed by atoms with Crippen molar-refractivity contribution in [3.8, 4) is 11.6 Å². The van der Waals surface area contributed by atoms with Gasteiger partial charge in [0.2, 0.25) is 0 Å². The van der Waals surface area contributed by atoms with Gasteiger partial charge in [-0.15, -0.1) is 10.2 Å². The van der Waals surface area contributed by atoms with Gasteiger partial charge in [-0.3, -0.25) is 0 Å². The minimum absolute atomic E-state index is 0.334. The molecule has 0 saturated carbocycles. The molecule has 1 N–H and O–H groups in total. The first-order chi connectivity index (χ1) is 8.42. The van der Waals surface area contributed by atoms with Gasteiger partial charge in [-0.05, 0) is 25.0 Å². The van der Waals surface area contributed by atoms with Crippen molar-refractivity contribution in [3.63, 3.8) is 0 Å². The fourth-order valence-corrected chi connectivity index (χ4v) is 2.61. The minimum Gasteiger partial charge on any atom is -0.410 e. The van der Waals surface area contributed by atoms with Gasteiger partial charge in [0.1, 0.15) is 5.69 Å². The average Bonchev–Trinajstić information content (AvgIpc) is 3.09. The van der Waals surface area contributed by atoms with Gasteiger partial charge < -0.3 is 14.1 Å². The van der Waals surface area contributed by atoms with Crippen molar-refractivity contribution in [1.82, 2.24) is 15.2 Å². The van der Waals surface area contributed by atoms with E-state index in [-0.39, 0.29) is 0 Å². The molecule has 90 valence electrons. The van der Waals surface area contributed by atoms with Crippen LogP contribution < -0.4 is 0 Å². The van der Waals surface area contributed by atoms with Crippen LogP contribution in [0.2, 0.25) is 0 Å². The maximum atomic E-state index is 5.54. The second kappa shape index (κ2) is 4.93.